The number of rotatable bonds is 4. The highest BCUT2D eigenvalue weighted by molar-refractivity contribution is 5.27. The third-order valence-corrected chi connectivity index (χ3v) is 2.84. The molecule has 1 aromatic rings. The van der Waals surface area contributed by atoms with Crippen LogP contribution in [-0.2, 0) is 6.18 Å². The molecule has 1 atom stereocenters. The van der Waals surface area contributed by atoms with Crippen LogP contribution in [0.1, 0.15) is 50.2 Å². The maximum Gasteiger partial charge on any atom is 0.416 e. The second-order valence-corrected chi connectivity index (χ2v) is 4.01. The van der Waals surface area contributed by atoms with Crippen LogP contribution in [0.3, 0.4) is 0 Å². The van der Waals surface area contributed by atoms with Crippen molar-refractivity contribution in [2.45, 2.75) is 45.2 Å². The van der Waals surface area contributed by atoms with Gasteiger partial charge in [0.15, 0.2) is 0 Å². The van der Waals surface area contributed by atoms with Gasteiger partial charge in [-0.05, 0) is 36.5 Å². The number of hydrogen-bond acceptors (Lipinski definition) is 0. The molecule has 1 unspecified atom stereocenters. The fourth-order valence-corrected chi connectivity index (χ4v) is 1.90. The summed E-state index contributed by atoms with van der Waals surface area (Å²) >= 11 is 0. The predicted octanol–water partition coefficient (Wildman–Crippen LogP) is 5.00. The van der Waals surface area contributed by atoms with Crippen molar-refractivity contribution in [3.8, 4) is 0 Å². The Morgan fingerprint density at radius 3 is 2.00 bits per heavy atom. The minimum Gasteiger partial charge on any atom is -0.166 e. The quantitative estimate of drug-likeness (QED) is 0.682. The van der Waals surface area contributed by atoms with Gasteiger partial charge in [-0.3, -0.25) is 0 Å². The molecule has 90 valence electrons. The van der Waals surface area contributed by atoms with Gasteiger partial charge in [0, 0.05) is 0 Å². The van der Waals surface area contributed by atoms with Crippen molar-refractivity contribution in [1.29, 1.82) is 0 Å². The summed E-state index contributed by atoms with van der Waals surface area (Å²) in [6, 6.07) is 5.56. The summed E-state index contributed by atoms with van der Waals surface area (Å²) in [5, 5.41) is 0. The average Bonchev–Trinajstić information content (AvgIpc) is 2.25. The number of benzene rings is 1. The second kappa shape index (κ2) is 5.37. The molecule has 16 heavy (non-hydrogen) atoms. The fourth-order valence-electron chi connectivity index (χ4n) is 1.90. The zero-order chi connectivity index (χ0) is 12.2. The molecular formula is C13H17F3. The molecule has 0 aliphatic carbocycles. The molecule has 0 radical (unpaired) electrons. The van der Waals surface area contributed by atoms with E-state index in [9.17, 15) is 13.2 Å². The molecule has 0 fully saturated rings. The van der Waals surface area contributed by atoms with Crippen LogP contribution in [0.15, 0.2) is 24.3 Å². The molecule has 0 saturated heterocycles. The summed E-state index contributed by atoms with van der Waals surface area (Å²) in [5.74, 6) is 0.382. The van der Waals surface area contributed by atoms with E-state index in [1.54, 1.807) is 12.1 Å². The Morgan fingerprint density at radius 1 is 1.06 bits per heavy atom. The van der Waals surface area contributed by atoms with Gasteiger partial charge in [-0.2, -0.15) is 13.2 Å². The van der Waals surface area contributed by atoms with Gasteiger partial charge >= 0.3 is 6.18 Å². The molecule has 0 amide bonds. The number of hydrogen-bond donors (Lipinski definition) is 0. The first-order valence-electron chi connectivity index (χ1n) is 5.66. The first-order valence-corrected chi connectivity index (χ1v) is 5.66. The maximum absolute atomic E-state index is 12.4. The van der Waals surface area contributed by atoms with Crippen LogP contribution in [0.25, 0.3) is 0 Å². The van der Waals surface area contributed by atoms with Gasteiger partial charge in [0.2, 0.25) is 0 Å². The van der Waals surface area contributed by atoms with E-state index in [1.807, 2.05) is 0 Å². The first kappa shape index (κ1) is 13.1. The zero-order valence-corrected chi connectivity index (χ0v) is 9.64. The molecular weight excluding hydrogens is 213 g/mol. The molecule has 3 heteroatoms. The topological polar surface area (TPSA) is 0 Å². The van der Waals surface area contributed by atoms with E-state index in [0.717, 1.165) is 24.8 Å². The van der Waals surface area contributed by atoms with Crippen LogP contribution >= 0.6 is 0 Å². The van der Waals surface area contributed by atoms with Gasteiger partial charge in [0.1, 0.15) is 0 Å². The molecule has 0 N–H and O–H groups in total. The molecule has 0 aliphatic heterocycles. The van der Waals surface area contributed by atoms with E-state index >= 15 is 0 Å². The Labute approximate surface area is 94.5 Å². The van der Waals surface area contributed by atoms with Crippen LogP contribution < -0.4 is 0 Å². The van der Waals surface area contributed by atoms with Crippen molar-refractivity contribution < 1.29 is 13.2 Å². The van der Waals surface area contributed by atoms with Crippen LogP contribution in [-0.4, -0.2) is 0 Å². The predicted molar refractivity (Wildman–Crippen MR) is 59.4 cm³/mol. The molecule has 0 bridgehead atoms. The molecule has 1 aromatic carbocycles. The maximum atomic E-state index is 12.4. The summed E-state index contributed by atoms with van der Waals surface area (Å²) in [7, 11) is 0. The van der Waals surface area contributed by atoms with Crippen molar-refractivity contribution in [3.63, 3.8) is 0 Å². The lowest BCUT2D eigenvalue weighted by Gasteiger charge is -2.15. The van der Waals surface area contributed by atoms with Gasteiger partial charge in [-0.1, -0.05) is 32.4 Å². The lowest BCUT2D eigenvalue weighted by molar-refractivity contribution is -0.137. The highest BCUT2D eigenvalue weighted by atomic mass is 19.4. The van der Waals surface area contributed by atoms with Gasteiger partial charge in [0.05, 0.1) is 5.56 Å². The van der Waals surface area contributed by atoms with Crippen molar-refractivity contribution in [2.24, 2.45) is 0 Å². The molecule has 0 aliphatic rings. The van der Waals surface area contributed by atoms with Crippen LogP contribution in [0, 0.1) is 0 Å². The third kappa shape index (κ3) is 3.26. The summed E-state index contributed by atoms with van der Waals surface area (Å²) in [4.78, 5) is 0. The molecule has 0 spiro atoms. The zero-order valence-electron chi connectivity index (χ0n) is 9.64. The summed E-state index contributed by atoms with van der Waals surface area (Å²) < 4.78 is 37.1. The lowest BCUT2D eigenvalue weighted by Crippen LogP contribution is -2.05. The van der Waals surface area contributed by atoms with Crippen molar-refractivity contribution in [3.05, 3.63) is 35.4 Å². The standard InChI is InChI=1S/C13H17F3/c1-3-5-10(4-2)11-6-8-12(9-7-11)13(14,15)16/h6-10H,3-5H2,1-2H3. The van der Waals surface area contributed by atoms with Crippen LogP contribution in [0.5, 0.6) is 0 Å². The van der Waals surface area contributed by atoms with Crippen molar-refractivity contribution in [1.82, 2.24) is 0 Å². The largest absolute Gasteiger partial charge is 0.416 e. The van der Waals surface area contributed by atoms with E-state index in [-0.39, 0.29) is 0 Å². The van der Waals surface area contributed by atoms with Gasteiger partial charge < -0.3 is 0 Å². The molecule has 0 nitrogen and oxygen atoms in total. The Bertz CT molecular complexity index is 311. The number of alkyl halides is 3. The van der Waals surface area contributed by atoms with E-state index in [1.165, 1.54) is 12.1 Å². The molecule has 1 rings (SSSR count). The first-order chi connectivity index (χ1) is 7.49. The van der Waals surface area contributed by atoms with E-state index in [2.05, 4.69) is 13.8 Å². The van der Waals surface area contributed by atoms with Gasteiger partial charge in [-0.25, -0.2) is 0 Å². The average molecular weight is 230 g/mol. The summed E-state index contributed by atoms with van der Waals surface area (Å²) in [5.41, 5.74) is 0.444. The monoisotopic (exact) mass is 230 g/mol. The number of halogens is 3. The minimum absolute atomic E-state index is 0.382. The van der Waals surface area contributed by atoms with E-state index < -0.39 is 11.7 Å². The second-order valence-electron chi connectivity index (χ2n) is 4.01. The SMILES string of the molecule is CCCC(CC)c1ccc(C(F)(F)F)cc1. The van der Waals surface area contributed by atoms with E-state index in [4.69, 9.17) is 0 Å². The van der Waals surface area contributed by atoms with Gasteiger partial charge in [-0.15, -0.1) is 0 Å². The van der Waals surface area contributed by atoms with Crippen LogP contribution in [0.2, 0.25) is 0 Å². The summed E-state index contributed by atoms with van der Waals surface area (Å²) in [6.07, 6.45) is -1.18. The summed E-state index contributed by atoms with van der Waals surface area (Å²) in [6.45, 7) is 4.16. The van der Waals surface area contributed by atoms with Crippen LogP contribution in [0.4, 0.5) is 13.2 Å². The highest BCUT2D eigenvalue weighted by Crippen LogP contribution is 2.31. The Hall–Kier alpha value is -0.990. The molecule has 0 aromatic heterocycles. The highest BCUT2D eigenvalue weighted by Gasteiger charge is 2.30. The smallest absolute Gasteiger partial charge is 0.166 e. The van der Waals surface area contributed by atoms with Crippen molar-refractivity contribution in [2.75, 3.05) is 0 Å². The minimum atomic E-state index is -4.23. The lowest BCUT2D eigenvalue weighted by atomic mass is 9.91. The Kier molecular flexibility index (Phi) is 4.39. The van der Waals surface area contributed by atoms with E-state index in [0.29, 0.717) is 5.92 Å². The fraction of sp³-hybridized carbons (Fsp3) is 0.538. The Balaban J connectivity index is 2.85. The van der Waals surface area contributed by atoms with Crippen molar-refractivity contribution >= 4 is 0 Å². The third-order valence-electron chi connectivity index (χ3n) is 2.84. The normalized spacial score (nSPS) is 13.8. The van der Waals surface area contributed by atoms with Gasteiger partial charge in [0.25, 0.3) is 0 Å². The molecule has 0 saturated carbocycles. The molecule has 0 heterocycles. The Morgan fingerprint density at radius 2 is 1.62 bits per heavy atom.